The van der Waals surface area contributed by atoms with Crippen LogP contribution in [0.1, 0.15) is 0 Å². The van der Waals surface area contributed by atoms with Gasteiger partial charge in [0.15, 0.2) is 0 Å². The summed E-state index contributed by atoms with van der Waals surface area (Å²) in [5, 5.41) is 0. The Hall–Kier alpha value is -0.220. The summed E-state index contributed by atoms with van der Waals surface area (Å²) in [5.74, 6) is 0.561. The minimum Gasteiger partial charge on any atom is -0.207 e. The van der Waals surface area contributed by atoms with Crippen molar-refractivity contribution in [3.63, 3.8) is 0 Å². The lowest BCUT2D eigenvalue weighted by Crippen LogP contribution is -1.86. The van der Waals surface area contributed by atoms with Crippen LogP contribution in [0.5, 0.6) is 0 Å². The number of hydrogen-bond donors (Lipinski definition) is 1. The van der Waals surface area contributed by atoms with Crippen molar-refractivity contribution in [3.05, 3.63) is 29.8 Å². The predicted molar refractivity (Wildman–Crippen MR) is 50.9 cm³/mol. The van der Waals surface area contributed by atoms with Gasteiger partial charge in [0, 0.05) is 10.6 Å². The molecule has 66 valence electrons. The molecular weight excluding hydrogens is 198 g/mol. The first-order valence-corrected chi connectivity index (χ1v) is 5.04. The van der Waals surface area contributed by atoms with Crippen molar-refractivity contribution in [2.75, 3.05) is 11.5 Å². The van der Waals surface area contributed by atoms with Gasteiger partial charge in [-0.2, -0.15) is 12.6 Å². The highest BCUT2D eigenvalue weighted by molar-refractivity contribution is 8.00. The number of thiol groups is 1. The zero-order valence-electron chi connectivity index (χ0n) is 6.26. The number of hydrogen-bond acceptors (Lipinski definition) is 2. The van der Waals surface area contributed by atoms with E-state index in [0.717, 1.165) is 12.1 Å². The summed E-state index contributed by atoms with van der Waals surface area (Å²) in [6.45, 7) is 0. The van der Waals surface area contributed by atoms with E-state index >= 15 is 0 Å². The predicted octanol–water partition coefficient (Wildman–Crippen LogP) is 2.99. The Morgan fingerprint density at radius 3 is 2.75 bits per heavy atom. The zero-order valence-corrected chi connectivity index (χ0v) is 7.97. The third-order valence-electron chi connectivity index (χ3n) is 1.24. The topological polar surface area (TPSA) is 0 Å². The van der Waals surface area contributed by atoms with Crippen molar-refractivity contribution >= 4 is 24.4 Å². The van der Waals surface area contributed by atoms with E-state index in [1.807, 2.05) is 0 Å². The average molecular weight is 206 g/mol. The molecule has 0 heterocycles. The smallest absolute Gasteiger partial charge is 0.136 e. The molecule has 0 saturated heterocycles. The quantitative estimate of drug-likeness (QED) is 0.586. The van der Waals surface area contributed by atoms with Gasteiger partial charge >= 0.3 is 0 Å². The Morgan fingerprint density at radius 1 is 1.33 bits per heavy atom. The first-order chi connectivity index (χ1) is 5.74. The standard InChI is InChI=1S/C8H8F2S2/c9-6-1-2-7(10)8(5-6)12-4-3-11/h1-2,5,11H,3-4H2. The van der Waals surface area contributed by atoms with Gasteiger partial charge in [0.25, 0.3) is 0 Å². The zero-order chi connectivity index (χ0) is 8.97. The van der Waals surface area contributed by atoms with Crippen LogP contribution >= 0.6 is 24.4 Å². The Morgan fingerprint density at radius 2 is 2.08 bits per heavy atom. The molecule has 0 aliphatic carbocycles. The molecular formula is C8H8F2S2. The second-order valence-corrected chi connectivity index (χ2v) is 3.73. The lowest BCUT2D eigenvalue weighted by atomic mass is 10.3. The first kappa shape index (κ1) is 9.86. The van der Waals surface area contributed by atoms with Crippen LogP contribution in [-0.4, -0.2) is 11.5 Å². The van der Waals surface area contributed by atoms with Crippen LogP contribution in [0.3, 0.4) is 0 Å². The molecule has 0 N–H and O–H groups in total. The maximum Gasteiger partial charge on any atom is 0.136 e. The van der Waals surface area contributed by atoms with Gasteiger partial charge < -0.3 is 0 Å². The van der Waals surface area contributed by atoms with E-state index < -0.39 is 5.82 Å². The highest BCUT2D eigenvalue weighted by atomic mass is 32.2. The molecule has 4 heteroatoms. The second kappa shape index (κ2) is 4.72. The molecule has 0 aromatic heterocycles. The van der Waals surface area contributed by atoms with Crippen LogP contribution in [-0.2, 0) is 0 Å². The molecule has 0 nitrogen and oxygen atoms in total. The molecule has 0 aliphatic heterocycles. The number of thioether (sulfide) groups is 1. The molecule has 0 atom stereocenters. The van der Waals surface area contributed by atoms with Gasteiger partial charge in [-0.3, -0.25) is 0 Å². The van der Waals surface area contributed by atoms with Gasteiger partial charge in [-0.25, -0.2) is 8.78 Å². The largest absolute Gasteiger partial charge is 0.207 e. The summed E-state index contributed by atoms with van der Waals surface area (Å²) in [4.78, 5) is 0.351. The maximum absolute atomic E-state index is 12.9. The van der Waals surface area contributed by atoms with Gasteiger partial charge in [0.05, 0.1) is 0 Å². The van der Waals surface area contributed by atoms with E-state index in [-0.39, 0.29) is 5.82 Å². The second-order valence-electron chi connectivity index (χ2n) is 2.15. The molecule has 0 spiro atoms. The minimum absolute atomic E-state index is 0.351. The minimum atomic E-state index is -0.405. The van der Waals surface area contributed by atoms with E-state index in [9.17, 15) is 8.78 Å². The molecule has 1 aromatic rings. The molecule has 0 bridgehead atoms. The first-order valence-electron chi connectivity index (χ1n) is 3.43. The van der Waals surface area contributed by atoms with Crippen LogP contribution < -0.4 is 0 Å². The van der Waals surface area contributed by atoms with Crippen LogP contribution in [0.15, 0.2) is 23.1 Å². The van der Waals surface area contributed by atoms with Crippen LogP contribution in [0.4, 0.5) is 8.78 Å². The summed E-state index contributed by atoms with van der Waals surface area (Å²) in [6, 6.07) is 3.44. The van der Waals surface area contributed by atoms with E-state index in [0.29, 0.717) is 16.4 Å². The fraction of sp³-hybridized carbons (Fsp3) is 0.250. The molecule has 0 unspecified atom stereocenters. The third kappa shape index (κ3) is 2.68. The normalized spacial score (nSPS) is 10.2. The average Bonchev–Trinajstić information content (AvgIpc) is 2.07. The Balaban J connectivity index is 2.75. The lowest BCUT2D eigenvalue weighted by Gasteiger charge is -2.00. The Bertz CT molecular complexity index is 263. The summed E-state index contributed by atoms with van der Waals surface area (Å²) >= 11 is 5.24. The van der Waals surface area contributed by atoms with Crippen LogP contribution in [0.2, 0.25) is 0 Å². The van der Waals surface area contributed by atoms with Crippen LogP contribution in [0, 0.1) is 11.6 Å². The van der Waals surface area contributed by atoms with Gasteiger partial charge in [-0.1, -0.05) is 0 Å². The molecule has 1 rings (SSSR count). The van der Waals surface area contributed by atoms with Crippen molar-refractivity contribution < 1.29 is 8.78 Å². The van der Waals surface area contributed by atoms with Crippen molar-refractivity contribution in [1.82, 2.24) is 0 Å². The number of rotatable bonds is 3. The Kier molecular flexibility index (Phi) is 3.88. The fourth-order valence-corrected chi connectivity index (χ4v) is 1.73. The Labute approximate surface area is 79.8 Å². The van der Waals surface area contributed by atoms with Gasteiger partial charge in [0.2, 0.25) is 0 Å². The maximum atomic E-state index is 12.9. The highest BCUT2D eigenvalue weighted by Gasteiger charge is 2.02. The van der Waals surface area contributed by atoms with Crippen molar-refractivity contribution in [2.45, 2.75) is 4.90 Å². The third-order valence-corrected chi connectivity index (χ3v) is 2.80. The van der Waals surface area contributed by atoms with Gasteiger partial charge in [-0.05, 0) is 24.0 Å². The monoisotopic (exact) mass is 206 g/mol. The number of halogens is 2. The van der Waals surface area contributed by atoms with Crippen molar-refractivity contribution in [2.24, 2.45) is 0 Å². The van der Waals surface area contributed by atoms with E-state index in [4.69, 9.17) is 0 Å². The molecule has 0 fully saturated rings. The summed E-state index contributed by atoms with van der Waals surface area (Å²) in [5.41, 5.74) is 0. The van der Waals surface area contributed by atoms with E-state index in [2.05, 4.69) is 12.6 Å². The van der Waals surface area contributed by atoms with Crippen molar-refractivity contribution in [3.8, 4) is 0 Å². The number of benzene rings is 1. The fourth-order valence-electron chi connectivity index (χ4n) is 0.743. The molecule has 1 aromatic carbocycles. The highest BCUT2D eigenvalue weighted by Crippen LogP contribution is 2.22. The molecule has 0 radical (unpaired) electrons. The van der Waals surface area contributed by atoms with Crippen LogP contribution in [0.25, 0.3) is 0 Å². The summed E-state index contributed by atoms with van der Waals surface area (Å²) < 4.78 is 25.5. The SMILES string of the molecule is Fc1ccc(F)c(SCCS)c1. The lowest BCUT2D eigenvalue weighted by molar-refractivity contribution is 0.577. The molecule has 0 aliphatic rings. The summed E-state index contributed by atoms with van der Waals surface area (Å²) in [6.07, 6.45) is 0. The van der Waals surface area contributed by atoms with Crippen molar-refractivity contribution in [1.29, 1.82) is 0 Å². The van der Waals surface area contributed by atoms with Gasteiger partial charge in [0.1, 0.15) is 11.6 Å². The van der Waals surface area contributed by atoms with Gasteiger partial charge in [-0.15, -0.1) is 11.8 Å². The summed E-state index contributed by atoms with van der Waals surface area (Å²) in [7, 11) is 0. The van der Waals surface area contributed by atoms with E-state index in [1.165, 1.54) is 17.8 Å². The molecule has 0 amide bonds. The molecule has 12 heavy (non-hydrogen) atoms. The molecule has 0 saturated carbocycles. The van der Waals surface area contributed by atoms with E-state index in [1.54, 1.807) is 0 Å².